The van der Waals surface area contributed by atoms with E-state index in [9.17, 15) is 4.79 Å². The molecule has 18 heavy (non-hydrogen) atoms. The molecule has 0 radical (unpaired) electrons. The van der Waals surface area contributed by atoms with Crippen molar-refractivity contribution in [1.29, 1.82) is 0 Å². The highest BCUT2D eigenvalue weighted by molar-refractivity contribution is 5.82. The lowest BCUT2D eigenvalue weighted by atomic mass is 9.74. The summed E-state index contributed by atoms with van der Waals surface area (Å²) in [4.78, 5) is 12.4. The van der Waals surface area contributed by atoms with Crippen molar-refractivity contribution in [2.75, 3.05) is 19.6 Å². The van der Waals surface area contributed by atoms with Crippen LogP contribution in [0.25, 0.3) is 0 Å². The Hall–Kier alpha value is -0.570. The van der Waals surface area contributed by atoms with E-state index in [-0.39, 0.29) is 5.41 Å². The molecule has 1 aliphatic rings. The SMILES string of the molecule is CCCC1(C(=O)NCCCC(C)C)CCNCC1. The lowest BCUT2D eigenvalue weighted by molar-refractivity contribution is -0.133. The van der Waals surface area contributed by atoms with Gasteiger partial charge in [-0.2, -0.15) is 0 Å². The van der Waals surface area contributed by atoms with Crippen LogP contribution in [-0.4, -0.2) is 25.5 Å². The summed E-state index contributed by atoms with van der Waals surface area (Å²) in [5.41, 5.74) is -0.0855. The first-order chi connectivity index (χ1) is 8.60. The van der Waals surface area contributed by atoms with Crippen LogP contribution < -0.4 is 10.6 Å². The Morgan fingerprint density at radius 2 is 2.00 bits per heavy atom. The zero-order valence-corrected chi connectivity index (χ0v) is 12.3. The molecule has 106 valence electrons. The molecule has 2 N–H and O–H groups in total. The van der Waals surface area contributed by atoms with E-state index in [1.54, 1.807) is 0 Å². The number of hydrogen-bond donors (Lipinski definition) is 2. The van der Waals surface area contributed by atoms with Gasteiger partial charge in [-0.3, -0.25) is 4.79 Å². The Bertz CT molecular complexity index is 239. The van der Waals surface area contributed by atoms with Gasteiger partial charge in [-0.1, -0.05) is 27.2 Å². The topological polar surface area (TPSA) is 41.1 Å². The van der Waals surface area contributed by atoms with E-state index in [1.165, 1.54) is 6.42 Å². The fourth-order valence-electron chi connectivity index (χ4n) is 2.87. The zero-order chi connectivity index (χ0) is 13.4. The maximum atomic E-state index is 12.4. The maximum Gasteiger partial charge on any atom is 0.226 e. The van der Waals surface area contributed by atoms with Crippen LogP contribution in [0.2, 0.25) is 0 Å². The first kappa shape index (κ1) is 15.5. The molecular weight excluding hydrogens is 224 g/mol. The number of nitrogens with one attached hydrogen (secondary N) is 2. The van der Waals surface area contributed by atoms with Gasteiger partial charge < -0.3 is 10.6 Å². The molecule has 0 bridgehead atoms. The van der Waals surface area contributed by atoms with Gasteiger partial charge in [0.1, 0.15) is 0 Å². The summed E-state index contributed by atoms with van der Waals surface area (Å²) in [7, 11) is 0. The second kappa shape index (κ2) is 7.78. The molecule has 0 saturated carbocycles. The van der Waals surface area contributed by atoms with E-state index < -0.39 is 0 Å². The summed E-state index contributed by atoms with van der Waals surface area (Å²) >= 11 is 0. The molecule has 3 heteroatoms. The van der Waals surface area contributed by atoms with Crippen LogP contribution in [0.1, 0.15) is 59.3 Å². The molecule has 1 aliphatic heterocycles. The summed E-state index contributed by atoms with van der Waals surface area (Å²) in [5, 5.41) is 6.52. The molecule has 0 atom stereocenters. The second-order valence-electron chi connectivity index (χ2n) is 6.07. The predicted molar refractivity (Wildman–Crippen MR) is 76.5 cm³/mol. The number of carbonyl (C=O) groups excluding carboxylic acids is 1. The number of piperidine rings is 1. The first-order valence-corrected chi connectivity index (χ1v) is 7.60. The molecule has 1 heterocycles. The Labute approximate surface area is 112 Å². The lowest BCUT2D eigenvalue weighted by Gasteiger charge is -2.36. The Balaban J connectivity index is 2.39. The van der Waals surface area contributed by atoms with Gasteiger partial charge in [0, 0.05) is 6.54 Å². The monoisotopic (exact) mass is 254 g/mol. The van der Waals surface area contributed by atoms with Gasteiger partial charge in [0.05, 0.1) is 5.41 Å². The van der Waals surface area contributed by atoms with Crippen molar-refractivity contribution in [3.05, 3.63) is 0 Å². The third kappa shape index (κ3) is 4.60. The van der Waals surface area contributed by atoms with Gasteiger partial charge in [-0.05, 0) is 51.1 Å². The van der Waals surface area contributed by atoms with E-state index in [0.717, 1.165) is 57.7 Å². The minimum absolute atomic E-state index is 0.0855. The Morgan fingerprint density at radius 1 is 1.33 bits per heavy atom. The Kier molecular flexibility index (Phi) is 6.69. The molecule has 0 aromatic heterocycles. The fraction of sp³-hybridized carbons (Fsp3) is 0.933. The molecule has 0 aliphatic carbocycles. The van der Waals surface area contributed by atoms with E-state index in [0.29, 0.717) is 5.91 Å². The van der Waals surface area contributed by atoms with Crippen LogP contribution in [0, 0.1) is 11.3 Å². The number of hydrogen-bond acceptors (Lipinski definition) is 2. The van der Waals surface area contributed by atoms with E-state index in [4.69, 9.17) is 0 Å². The van der Waals surface area contributed by atoms with Crippen LogP contribution in [0.4, 0.5) is 0 Å². The van der Waals surface area contributed by atoms with Crippen molar-refractivity contribution in [1.82, 2.24) is 10.6 Å². The van der Waals surface area contributed by atoms with Gasteiger partial charge in [0.15, 0.2) is 0 Å². The number of rotatable bonds is 7. The van der Waals surface area contributed by atoms with Crippen molar-refractivity contribution >= 4 is 5.91 Å². The highest BCUT2D eigenvalue weighted by Crippen LogP contribution is 2.34. The smallest absolute Gasteiger partial charge is 0.226 e. The van der Waals surface area contributed by atoms with Gasteiger partial charge in [0.25, 0.3) is 0 Å². The van der Waals surface area contributed by atoms with E-state index in [2.05, 4.69) is 31.4 Å². The standard InChI is InChI=1S/C15H30N2O/c1-4-7-15(8-11-16-12-9-15)14(18)17-10-5-6-13(2)3/h13,16H,4-12H2,1-3H3,(H,17,18). The van der Waals surface area contributed by atoms with Gasteiger partial charge >= 0.3 is 0 Å². The van der Waals surface area contributed by atoms with Crippen LogP contribution in [-0.2, 0) is 4.79 Å². The van der Waals surface area contributed by atoms with Crippen molar-refractivity contribution in [3.8, 4) is 0 Å². The molecule has 1 amide bonds. The molecule has 1 saturated heterocycles. The highest BCUT2D eigenvalue weighted by atomic mass is 16.2. The van der Waals surface area contributed by atoms with Gasteiger partial charge in [-0.15, -0.1) is 0 Å². The molecule has 0 spiro atoms. The minimum Gasteiger partial charge on any atom is -0.356 e. The third-order valence-corrected chi connectivity index (χ3v) is 4.01. The molecule has 1 fully saturated rings. The van der Waals surface area contributed by atoms with Crippen LogP contribution >= 0.6 is 0 Å². The summed E-state index contributed by atoms with van der Waals surface area (Å²) in [5.74, 6) is 1.03. The zero-order valence-electron chi connectivity index (χ0n) is 12.3. The molecular formula is C15H30N2O. The molecule has 0 aromatic rings. The molecule has 0 aromatic carbocycles. The summed E-state index contributed by atoms with van der Waals surface area (Å²) in [6, 6.07) is 0. The number of carbonyl (C=O) groups is 1. The molecule has 1 rings (SSSR count). The largest absolute Gasteiger partial charge is 0.356 e. The second-order valence-corrected chi connectivity index (χ2v) is 6.07. The van der Waals surface area contributed by atoms with Crippen molar-refractivity contribution in [2.45, 2.75) is 59.3 Å². The van der Waals surface area contributed by atoms with Crippen LogP contribution in [0.3, 0.4) is 0 Å². The van der Waals surface area contributed by atoms with Crippen LogP contribution in [0.15, 0.2) is 0 Å². The van der Waals surface area contributed by atoms with Crippen LogP contribution in [0.5, 0.6) is 0 Å². The Morgan fingerprint density at radius 3 is 2.56 bits per heavy atom. The third-order valence-electron chi connectivity index (χ3n) is 4.01. The summed E-state index contributed by atoms with van der Waals surface area (Å²) < 4.78 is 0. The lowest BCUT2D eigenvalue weighted by Crippen LogP contribution is -2.47. The summed E-state index contributed by atoms with van der Waals surface area (Å²) in [6.45, 7) is 9.45. The quantitative estimate of drug-likeness (QED) is 0.686. The van der Waals surface area contributed by atoms with Gasteiger partial charge in [-0.25, -0.2) is 0 Å². The molecule has 0 unspecified atom stereocenters. The maximum absolute atomic E-state index is 12.4. The predicted octanol–water partition coefficient (Wildman–Crippen LogP) is 2.71. The summed E-state index contributed by atoms with van der Waals surface area (Å²) in [6.07, 6.45) is 6.42. The number of amides is 1. The molecule has 3 nitrogen and oxygen atoms in total. The van der Waals surface area contributed by atoms with Gasteiger partial charge in [0.2, 0.25) is 5.91 Å². The minimum atomic E-state index is -0.0855. The van der Waals surface area contributed by atoms with Crippen molar-refractivity contribution in [2.24, 2.45) is 11.3 Å². The normalized spacial score (nSPS) is 18.9. The first-order valence-electron chi connectivity index (χ1n) is 7.60. The average Bonchev–Trinajstić information content (AvgIpc) is 2.35. The van der Waals surface area contributed by atoms with E-state index in [1.807, 2.05) is 0 Å². The van der Waals surface area contributed by atoms with Crippen molar-refractivity contribution in [3.63, 3.8) is 0 Å². The highest BCUT2D eigenvalue weighted by Gasteiger charge is 2.38. The fourth-order valence-corrected chi connectivity index (χ4v) is 2.87. The van der Waals surface area contributed by atoms with Crippen molar-refractivity contribution < 1.29 is 4.79 Å². The average molecular weight is 254 g/mol. The van der Waals surface area contributed by atoms with E-state index >= 15 is 0 Å².